The summed E-state index contributed by atoms with van der Waals surface area (Å²) in [6.07, 6.45) is 6.00. The minimum Gasteiger partial charge on any atom is -0.308 e. The van der Waals surface area contributed by atoms with Crippen LogP contribution in [0.1, 0.15) is 56.2 Å². The van der Waals surface area contributed by atoms with Gasteiger partial charge in [-0.1, -0.05) is 23.7 Å². The number of nitrogens with zero attached hydrogens (tertiary/aromatic N) is 3. The van der Waals surface area contributed by atoms with E-state index in [0.717, 1.165) is 46.8 Å². The molecular formula is C23H21ClN4OS. The monoisotopic (exact) mass is 436 g/mol. The first-order valence-electron chi connectivity index (χ1n) is 9.83. The number of halogens is 1. The van der Waals surface area contributed by atoms with Crippen LogP contribution in [-0.2, 0) is 12.8 Å². The summed E-state index contributed by atoms with van der Waals surface area (Å²) >= 11 is 7.78. The van der Waals surface area contributed by atoms with Crippen LogP contribution >= 0.6 is 22.9 Å². The molecule has 0 atom stereocenters. The fraction of sp³-hybridized carbons (Fsp3) is 0.261. The number of hydrogen-bond acceptors (Lipinski definition) is 4. The van der Waals surface area contributed by atoms with Crippen molar-refractivity contribution in [2.75, 3.05) is 0 Å². The summed E-state index contributed by atoms with van der Waals surface area (Å²) in [5, 5.41) is 15.3. The van der Waals surface area contributed by atoms with E-state index in [9.17, 15) is 10.1 Å². The first-order chi connectivity index (χ1) is 14.5. The number of hydrazone groups is 1. The highest BCUT2D eigenvalue weighted by molar-refractivity contribution is 7.15. The van der Waals surface area contributed by atoms with E-state index in [0.29, 0.717) is 10.6 Å². The van der Waals surface area contributed by atoms with Crippen LogP contribution in [-0.4, -0.2) is 16.7 Å². The first kappa shape index (κ1) is 20.4. The first-order valence-corrected chi connectivity index (χ1v) is 11.0. The Kier molecular flexibility index (Phi) is 5.76. The van der Waals surface area contributed by atoms with Crippen molar-refractivity contribution >= 4 is 35.1 Å². The highest BCUT2D eigenvalue weighted by atomic mass is 35.5. The van der Waals surface area contributed by atoms with Gasteiger partial charge in [-0.15, -0.1) is 11.3 Å². The molecule has 0 radical (unpaired) electrons. The van der Waals surface area contributed by atoms with E-state index in [1.54, 1.807) is 41.8 Å². The van der Waals surface area contributed by atoms with E-state index in [1.807, 2.05) is 19.9 Å². The Balaban J connectivity index is 1.61. The second-order valence-electron chi connectivity index (χ2n) is 7.34. The summed E-state index contributed by atoms with van der Waals surface area (Å²) in [6, 6.07) is 11.3. The lowest BCUT2D eigenvalue weighted by atomic mass is 9.96. The summed E-state index contributed by atoms with van der Waals surface area (Å²) in [7, 11) is 0. The molecule has 5 nitrogen and oxygen atoms in total. The molecule has 3 aromatic rings. The van der Waals surface area contributed by atoms with Gasteiger partial charge in [0.05, 0.1) is 22.4 Å². The quantitative estimate of drug-likeness (QED) is 0.444. The van der Waals surface area contributed by atoms with Crippen molar-refractivity contribution in [2.24, 2.45) is 5.10 Å². The third-order valence-corrected chi connectivity index (χ3v) is 7.03. The zero-order valence-electron chi connectivity index (χ0n) is 16.8. The Morgan fingerprint density at radius 3 is 2.83 bits per heavy atom. The van der Waals surface area contributed by atoms with Gasteiger partial charge in [0.1, 0.15) is 11.1 Å². The predicted octanol–water partition coefficient (Wildman–Crippen LogP) is 5.32. The number of aromatic nitrogens is 1. The van der Waals surface area contributed by atoms with Crippen LogP contribution in [0.2, 0.25) is 5.02 Å². The molecule has 0 saturated heterocycles. The number of hydrogen-bond donors (Lipinski definition) is 1. The zero-order valence-corrected chi connectivity index (χ0v) is 18.4. The molecule has 1 aliphatic carbocycles. The van der Waals surface area contributed by atoms with Crippen molar-refractivity contribution in [1.29, 1.82) is 5.26 Å². The summed E-state index contributed by atoms with van der Waals surface area (Å²) in [5.74, 6) is -0.358. The van der Waals surface area contributed by atoms with Crippen molar-refractivity contribution in [3.8, 4) is 11.1 Å². The van der Waals surface area contributed by atoms with Gasteiger partial charge in [-0.05, 0) is 63.3 Å². The van der Waals surface area contributed by atoms with E-state index >= 15 is 0 Å². The molecule has 2 aromatic heterocycles. The molecule has 152 valence electrons. The molecule has 7 heteroatoms. The minimum atomic E-state index is -0.358. The van der Waals surface area contributed by atoms with Crippen molar-refractivity contribution in [2.45, 2.75) is 39.5 Å². The van der Waals surface area contributed by atoms with Crippen LogP contribution in [0.4, 0.5) is 0 Å². The van der Waals surface area contributed by atoms with Gasteiger partial charge in [-0.25, -0.2) is 5.43 Å². The van der Waals surface area contributed by atoms with Crippen molar-refractivity contribution in [3.05, 3.63) is 73.9 Å². The number of amides is 1. The Hall–Kier alpha value is -2.88. The fourth-order valence-corrected chi connectivity index (χ4v) is 5.59. The smallest absolute Gasteiger partial charge is 0.272 e. The highest BCUT2D eigenvalue weighted by Crippen LogP contribution is 2.38. The van der Waals surface area contributed by atoms with Crippen molar-refractivity contribution < 1.29 is 4.79 Å². The number of carbonyl (C=O) groups excluding carboxylic acids is 1. The number of thiophene rings is 1. The van der Waals surface area contributed by atoms with Crippen molar-refractivity contribution in [3.63, 3.8) is 0 Å². The van der Waals surface area contributed by atoms with E-state index in [-0.39, 0.29) is 5.91 Å². The Morgan fingerprint density at radius 2 is 2.07 bits per heavy atom. The number of nitriles is 1. The Morgan fingerprint density at radius 1 is 1.30 bits per heavy atom. The molecule has 1 N–H and O–H groups in total. The normalized spacial score (nSPS) is 13.3. The Labute approximate surface area is 184 Å². The summed E-state index contributed by atoms with van der Waals surface area (Å²) in [4.78, 5) is 13.6. The lowest BCUT2D eigenvalue weighted by molar-refractivity contribution is 0.0955. The molecule has 2 heterocycles. The van der Waals surface area contributed by atoms with Crippen LogP contribution in [0.25, 0.3) is 5.00 Å². The molecule has 4 rings (SSSR count). The van der Waals surface area contributed by atoms with E-state index in [4.69, 9.17) is 11.6 Å². The third kappa shape index (κ3) is 3.67. The standard InChI is InChI=1S/C23H21ClN4OS/c1-14-11-16(13-26-27-22(29)18-8-3-5-9-20(18)24)15(2)28(14)23-19(12-25)17-7-4-6-10-21(17)30-23/h3,5,8-9,11,13H,4,6-7,10H2,1-2H3,(H,27,29)/b26-13+. The third-order valence-electron chi connectivity index (χ3n) is 5.43. The number of benzene rings is 1. The van der Waals surface area contributed by atoms with Gasteiger partial charge in [-0.3, -0.25) is 4.79 Å². The number of nitrogens with one attached hydrogen (secondary N) is 1. The number of aryl methyl sites for hydroxylation is 2. The van der Waals surface area contributed by atoms with Crippen LogP contribution < -0.4 is 5.43 Å². The predicted molar refractivity (Wildman–Crippen MR) is 121 cm³/mol. The molecule has 30 heavy (non-hydrogen) atoms. The zero-order chi connectivity index (χ0) is 21.3. The highest BCUT2D eigenvalue weighted by Gasteiger charge is 2.23. The second kappa shape index (κ2) is 8.47. The van der Waals surface area contributed by atoms with Gasteiger partial charge in [0, 0.05) is 21.8 Å². The molecule has 0 saturated carbocycles. The van der Waals surface area contributed by atoms with Crippen molar-refractivity contribution in [1.82, 2.24) is 9.99 Å². The van der Waals surface area contributed by atoms with E-state index in [2.05, 4.69) is 21.2 Å². The summed E-state index contributed by atoms with van der Waals surface area (Å²) in [6.45, 7) is 4.02. The lowest BCUT2D eigenvalue weighted by Crippen LogP contribution is -2.18. The molecule has 1 aliphatic rings. The molecular weight excluding hydrogens is 416 g/mol. The SMILES string of the molecule is Cc1cc(/C=N/NC(=O)c2ccccc2Cl)c(C)n1-c1sc2c(c1C#N)CCCC2. The summed E-state index contributed by atoms with van der Waals surface area (Å²) in [5.41, 5.74) is 7.84. The number of carbonyl (C=O) groups is 1. The minimum absolute atomic E-state index is 0.358. The van der Waals surface area contributed by atoms with Crippen LogP contribution in [0, 0.1) is 25.2 Å². The lowest BCUT2D eigenvalue weighted by Gasteiger charge is -2.10. The van der Waals surface area contributed by atoms with E-state index in [1.165, 1.54) is 16.9 Å². The van der Waals surface area contributed by atoms with Gasteiger partial charge < -0.3 is 4.57 Å². The molecule has 1 aromatic carbocycles. The van der Waals surface area contributed by atoms with Gasteiger partial charge in [0.2, 0.25) is 0 Å². The molecule has 0 aliphatic heterocycles. The molecule has 0 fully saturated rings. The number of fused-ring (bicyclic) bond motifs is 1. The summed E-state index contributed by atoms with van der Waals surface area (Å²) < 4.78 is 2.12. The molecule has 0 spiro atoms. The maximum absolute atomic E-state index is 12.3. The fourth-order valence-electron chi connectivity index (χ4n) is 3.92. The number of rotatable bonds is 4. The molecule has 1 amide bonds. The van der Waals surface area contributed by atoms with Gasteiger partial charge in [-0.2, -0.15) is 10.4 Å². The van der Waals surface area contributed by atoms with Crippen LogP contribution in [0.5, 0.6) is 0 Å². The largest absolute Gasteiger partial charge is 0.308 e. The average Bonchev–Trinajstić information content (AvgIpc) is 3.24. The van der Waals surface area contributed by atoms with Gasteiger partial charge in [0.15, 0.2) is 0 Å². The van der Waals surface area contributed by atoms with Crippen LogP contribution in [0.15, 0.2) is 35.4 Å². The van der Waals surface area contributed by atoms with Gasteiger partial charge in [0.25, 0.3) is 5.91 Å². The van der Waals surface area contributed by atoms with Crippen LogP contribution in [0.3, 0.4) is 0 Å². The topological polar surface area (TPSA) is 70.2 Å². The molecule has 0 unspecified atom stereocenters. The second-order valence-corrected chi connectivity index (χ2v) is 8.83. The van der Waals surface area contributed by atoms with Gasteiger partial charge >= 0.3 is 0 Å². The Bertz CT molecular complexity index is 1200. The van der Waals surface area contributed by atoms with E-state index < -0.39 is 0 Å². The maximum atomic E-state index is 12.3. The maximum Gasteiger partial charge on any atom is 0.272 e. The average molecular weight is 437 g/mol. The molecule has 0 bridgehead atoms.